The summed E-state index contributed by atoms with van der Waals surface area (Å²) in [6.07, 6.45) is 2.93. The van der Waals surface area contributed by atoms with Gasteiger partial charge in [0, 0.05) is 19.6 Å². The Balaban J connectivity index is 1.94. The lowest BCUT2D eigenvalue weighted by molar-refractivity contribution is -0.136. The Morgan fingerprint density at radius 3 is 2.62 bits per heavy atom. The van der Waals surface area contributed by atoms with Crippen LogP contribution in [0.1, 0.15) is 24.5 Å². The molecule has 1 aromatic carbocycles. The van der Waals surface area contributed by atoms with Crippen molar-refractivity contribution in [2.45, 2.75) is 26.3 Å². The number of carboxylic acids is 1. The topological polar surface area (TPSA) is 69.6 Å². The van der Waals surface area contributed by atoms with E-state index in [0.29, 0.717) is 13.1 Å². The Morgan fingerprint density at radius 2 is 2.00 bits per heavy atom. The fraction of sp³-hybridized carbons (Fsp3) is 0.375. The number of nitrogens with one attached hydrogen (secondary N) is 1. The second-order valence-corrected chi connectivity index (χ2v) is 5.24. The summed E-state index contributed by atoms with van der Waals surface area (Å²) in [4.78, 5) is 24.7. The first kappa shape index (κ1) is 15.1. The van der Waals surface area contributed by atoms with Gasteiger partial charge in [-0.3, -0.25) is 4.79 Å². The molecular weight excluding hydrogens is 268 g/mol. The maximum Gasteiger partial charge on any atom is 0.317 e. The van der Waals surface area contributed by atoms with Gasteiger partial charge in [0.25, 0.3) is 0 Å². The molecule has 21 heavy (non-hydrogen) atoms. The van der Waals surface area contributed by atoms with Crippen molar-refractivity contribution in [3.05, 3.63) is 47.0 Å². The van der Waals surface area contributed by atoms with Gasteiger partial charge in [-0.1, -0.05) is 35.9 Å². The molecule has 1 aromatic rings. The monoisotopic (exact) mass is 288 g/mol. The van der Waals surface area contributed by atoms with Gasteiger partial charge < -0.3 is 15.3 Å². The van der Waals surface area contributed by atoms with E-state index in [1.165, 1.54) is 5.57 Å². The fourth-order valence-corrected chi connectivity index (χ4v) is 2.30. The first-order valence-corrected chi connectivity index (χ1v) is 7.03. The van der Waals surface area contributed by atoms with Crippen LogP contribution >= 0.6 is 0 Å². The molecule has 0 radical (unpaired) electrons. The molecule has 2 amide bonds. The molecule has 0 atom stereocenters. The molecule has 0 fully saturated rings. The minimum Gasteiger partial charge on any atom is -0.481 e. The highest BCUT2D eigenvalue weighted by atomic mass is 16.4. The zero-order valence-electron chi connectivity index (χ0n) is 12.1. The molecular formula is C16H20N2O3. The van der Waals surface area contributed by atoms with E-state index in [-0.39, 0.29) is 12.5 Å². The van der Waals surface area contributed by atoms with Gasteiger partial charge in [0.05, 0.1) is 6.42 Å². The van der Waals surface area contributed by atoms with Gasteiger partial charge in [-0.15, -0.1) is 0 Å². The van der Waals surface area contributed by atoms with Gasteiger partial charge in [-0.25, -0.2) is 4.79 Å². The first-order valence-electron chi connectivity index (χ1n) is 7.03. The molecule has 0 aromatic heterocycles. The standard InChI is InChI=1S/C16H20N2O3/c1-12-6-8-18(9-7-12)16(21)17-11-14-5-3-2-4-13(14)10-15(19)20/h2-6H,7-11H2,1H3,(H,17,21)(H,19,20). The Kier molecular flexibility index (Phi) is 4.98. The SMILES string of the molecule is CC1=CCN(C(=O)NCc2ccccc2CC(=O)O)CC1. The quantitative estimate of drug-likeness (QED) is 0.834. The molecule has 5 heteroatoms. The van der Waals surface area contributed by atoms with Gasteiger partial charge in [-0.05, 0) is 24.5 Å². The minimum atomic E-state index is -0.870. The van der Waals surface area contributed by atoms with E-state index in [4.69, 9.17) is 5.11 Å². The molecule has 5 nitrogen and oxygen atoms in total. The van der Waals surface area contributed by atoms with Crippen LogP contribution in [0.3, 0.4) is 0 Å². The number of aliphatic carboxylic acids is 1. The molecule has 0 spiro atoms. The maximum absolute atomic E-state index is 12.1. The van der Waals surface area contributed by atoms with E-state index in [0.717, 1.165) is 24.1 Å². The zero-order chi connectivity index (χ0) is 15.2. The summed E-state index contributed by atoms with van der Waals surface area (Å²) >= 11 is 0. The third-order valence-corrected chi connectivity index (χ3v) is 3.61. The zero-order valence-corrected chi connectivity index (χ0v) is 12.1. The number of hydrogen-bond acceptors (Lipinski definition) is 2. The summed E-state index contributed by atoms with van der Waals surface area (Å²) < 4.78 is 0. The number of rotatable bonds is 4. The third kappa shape index (κ3) is 4.34. The Bertz CT molecular complexity index is 566. The number of carboxylic acid groups (broad SMARTS) is 1. The Labute approximate surface area is 124 Å². The van der Waals surface area contributed by atoms with Crippen LogP contribution in [-0.2, 0) is 17.8 Å². The van der Waals surface area contributed by atoms with E-state index in [1.54, 1.807) is 11.0 Å². The van der Waals surface area contributed by atoms with Crippen molar-refractivity contribution in [3.8, 4) is 0 Å². The largest absolute Gasteiger partial charge is 0.481 e. The number of carbonyl (C=O) groups is 2. The lowest BCUT2D eigenvalue weighted by Crippen LogP contribution is -2.41. The second kappa shape index (κ2) is 6.92. The molecule has 1 aliphatic rings. The smallest absolute Gasteiger partial charge is 0.317 e. The highest BCUT2D eigenvalue weighted by Gasteiger charge is 2.15. The molecule has 2 rings (SSSR count). The second-order valence-electron chi connectivity index (χ2n) is 5.24. The van der Waals surface area contributed by atoms with Gasteiger partial charge in [0.2, 0.25) is 0 Å². The minimum absolute atomic E-state index is 0.0301. The van der Waals surface area contributed by atoms with Gasteiger partial charge in [-0.2, -0.15) is 0 Å². The van der Waals surface area contributed by atoms with E-state index >= 15 is 0 Å². The average Bonchev–Trinajstić information content (AvgIpc) is 2.46. The normalized spacial score (nSPS) is 14.5. The highest BCUT2D eigenvalue weighted by molar-refractivity contribution is 5.75. The lowest BCUT2D eigenvalue weighted by Gasteiger charge is -2.25. The summed E-state index contributed by atoms with van der Waals surface area (Å²) in [6, 6.07) is 7.17. The molecule has 0 saturated heterocycles. The molecule has 0 saturated carbocycles. The number of benzene rings is 1. The van der Waals surface area contributed by atoms with Gasteiger partial charge in [0.15, 0.2) is 0 Å². The number of hydrogen-bond donors (Lipinski definition) is 2. The Morgan fingerprint density at radius 1 is 1.29 bits per heavy atom. The number of urea groups is 1. The van der Waals surface area contributed by atoms with Crippen LogP contribution < -0.4 is 5.32 Å². The summed E-state index contributed by atoms with van der Waals surface area (Å²) in [7, 11) is 0. The van der Waals surface area contributed by atoms with Crippen LogP contribution in [0.4, 0.5) is 4.79 Å². The van der Waals surface area contributed by atoms with E-state index in [1.807, 2.05) is 18.2 Å². The molecule has 1 heterocycles. The number of amides is 2. The van der Waals surface area contributed by atoms with Crippen molar-refractivity contribution < 1.29 is 14.7 Å². The van der Waals surface area contributed by atoms with Crippen molar-refractivity contribution in [2.24, 2.45) is 0 Å². The van der Waals surface area contributed by atoms with E-state index in [2.05, 4.69) is 18.3 Å². The Hall–Kier alpha value is -2.30. The predicted molar refractivity (Wildman–Crippen MR) is 80.0 cm³/mol. The number of nitrogens with zero attached hydrogens (tertiary/aromatic N) is 1. The predicted octanol–water partition coefficient (Wildman–Crippen LogP) is 2.18. The average molecular weight is 288 g/mol. The fourth-order valence-electron chi connectivity index (χ4n) is 2.30. The van der Waals surface area contributed by atoms with Crippen molar-refractivity contribution in [3.63, 3.8) is 0 Å². The van der Waals surface area contributed by atoms with Crippen molar-refractivity contribution in [2.75, 3.05) is 13.1 Å². The molecule has 2 N–H and O–H groups in total. The summed E-state index contributed by atoms with van der Waals surface area (Å²) in [5.74, 6) is -0.870. The molecule has 0 unspecified atom stereocenters. The summed E-state index contributed by atoms with van der Waals surface area (Å²) in [5.41, 5.74) is 2.89. The summed E-state index contributed by atoms with van der Waals surface area (Å²) in [6.45, 7) is 3.78. The summed E-state index contributed by atoms with van der Waals surface area (Å²) in [5, 5.41) is 11.8. The maximum atomic E-state index is 12.1. The lowest BCUT2D eigenvalue weighted by atomic mass is 10.0. The third-order valence-electron chi connectivity index (χ3n) is 3.61. The van der Waals surface area contributed by atoms with Crippen LogP contribution in [0.25, 0.3) is 0 Å². The van der Waals surface area contributed by atoms with E-state index < -0.39 is 5.97 Å². The molecule has 1 aliphatic heterocycles. The number of carbonyl (C=O) groups excluding carboxylic acids is 1. The van der Waals surface area contributed by atoms with Gasteiger partial charge >= 0.3 is 12.0 Å². The van der Waals surface area contributed by atoms with Crippen LogP contribution in [0, 0.1) is 0 Å². The van der Waals surface area contributed by atoms with Crippen LogP contribution in [-0.4, -0.2) is 35.1 Å². The van der Waals surface area contributed by atoms with Crippen molar-refractivity contribution in [1.82, 2.24) is 10.2 Å². The van der Waals surface area contributed by atoms with Crippen LogP contribution in [0.2, 0.25) is 0 Å². The van der Waals surface area contributed by atoms with Crippen molar-refractivity contribution >= 4 is 12.0 Å². The van der Waals surface area contributed by atoms with Gasteiger partial charge in [0.1, 0.15) is 0 Å². The molecule has 0 aliphatic carbocycles. The molecule has 112 valence electrons. The van der Waals surface area contributed by atoms with Crippen molar-refractivity contribution in [1.29, 1.82) is 0 Å². The molecule has 0 bridgehead atoms. The first-order chi connectivity index (χ1) is 10.1. The highest BCUT2D eigenvalue weighted by Crippen LogP contribution is 2.11. The van der Waals surface area contributed by atoms with Crippen LogP contribution in [0.5, 0.6) is 0 Å². The van der Waals surface area contributed by atoms with E-state index in [9.17, 15) is 9.59 Å². The van der Waals surface area contributed by atoms with Crippen LogP contribution in [0.15, 0.2) is 35.9 Å².